The van der Waals surface area contributed by atoms with Crippen LogP contribution in [0.15, 0.2) is 29.3 Å². The van der Waals surface area contributed by atoms with Gasteiger partial charge in [0.2, 0.25) is 0 Å². The number of nitrogens with zero attached hydrogens (tertiary/aromatic N) is 2. The zero-order valence-electron chi connectivity index (χ0n) is 14.1. The van der Waals surface area contributed by atoms with Crippen molar-refractivity contribution in [2.45, 2.75) is 38.0 Å². The van der Waals surface area contributed by atoms with Gasteiger partial charge in [0.25, 0.3) is 5.69 Å². The normalized spacial score (nSPS) is 20.3. The number of thioether (sulfide) groups is 1. The number of hydrogen-bond acceptors (Lipinski definition) is 4. The molecule has 1 atom stereocenters. The number of rotatable bonds is 6. The molecule has 1 heterocycles. The van der Waals surface area contributed by atoms with Gasteiger partial charge in [0, 0.05) is 23.9 Å². The van der Waals surface area contributed by atoms with Crippen molar-refractivity contribution in [2.24, 2.45) is 4.99 Å². The zero-order chi connectivity index (χ0) is 16.7. The van der Waals surface area contributed by atoms with Gasteiger partial charge in [-0.1, -0.05) is 18.2 Å². The SMILES string of the molecule is CCNC(=NCc1ccccc1[N+](=O)[O-])NCC1(C)CCCS1.I. The first-order valence-electron chi connectivity index (χ1n) is 7.92. The van der Waals surface area contributed by atoms with Gasteiger partial charge in [-0.2, -0.15) is 11.8 Å². The van der Waals surface area contributed by atoms with E-state index in [2.05, 4.69) is 22.5 Å². The van der Waals surface area contributed by atoms with Gasteiger partial charge < -0.3 is 10.6 Å². The molecule has 8 heteroatoms. The van der Waals surface area contributed by atoms with Crippen molar-refractivity contribution in [3.8, 4) is 0 Å². The molecule has 1 fully saturated rings. The number of nitrogens with one attached hydrogen (secondary N) is 2. The minimum Gasteiger partial charge on any atom is -0.357 e. The lowest BCUT2D eigenvalue weighted by Crippen LogP contribution is -2.43. The summed E-state index contributed by atoms with van der Waals surface area (Å²) in [5.41, 5.74) is 0.738. The molecular weight excluding hydrogens is 439 g/mol. The number of hydrogen-bond donors (Lipinski definition) is 2. The maximum Gasteiger partial charge on any atom is 0.274 e. The molecule has 6 nitrogen and oxygen atoms in total. The first-order chi connectivity index (χ1) is 11.0. The van der Waals surface area contributed by atoms with Crippen LogP contribution in [-0.2, 0) is 6.54 Å². The van der Waals surface area contributed by atoms with Crippen LogP contribution in [0.25, 0.3) is 0 Å². The van der Waals surface area contributed by atoms with Gasteiger partial charge in [0.15, 0.2) is 5.96 Å². The standard InChI is InChI=1S/C16H24N4O2S.HI/c1-3-17-15(19-12-16(2)9-6-10-23-16)18-11-13-7-4-5-8-14(13)20(21)22;/h4-5,7-8H,3,6,9-12H2,1-2H3,(H2,17,18,19);1H. The minimum atomic E-state index is -0.360. The molecule has 1 unspecified atom stereocenters. The van der Waals surface area contributed by atoms with Gasteiger partial charge in [0.05, 0.1) is 17.0 Å². The molecule has 2 N–H and O–H groups in total. The maximum absolute atomic E-state index is 11.1. The third-order valence-electron chi connectivity index (χ3n) is 3.87. The van der Waals surface area contributed by atoms with E-state index < -0.39 is 0 Å². The molecule has 0 radical (unpaired) electrons. The first kappa shape index (κ1) is 21.0. The molecule has 134 valence electrons. The third-order valence-corrected chi connectivity index (χ3v) is 5.41. The van der Waals surface area contributed by atoms with E-state index in [-0.39, 0.29) is 45.9 Å². The van der Waals surface area contributed by atoms with E-state index in [0.29, 0.717) is 11.5 Å². The van der Waals surface area contributed by atoms with Crippen molar-refractivity contribution in [2.75, 3.05) is 18.8 Å². The van der Waals surface area contributed by atoms with Gasteiger partial charge in [-0.3, -0.25) is 10.1 Å². The number of para-hydroxylation sites is 1. The van der Waals surface area contributed by atoms with Gasteiger partial charge in [0.1, 0.15) is 0 Å². The molecule has 1 aliphatic rings. The lowest BCUT2D eigenvalue weighted by atomic mass is 10.1. The highest BCUT2D eigenvalue weighted by Crippen LogP contribution is 2.36. The van der Waals surface area contributed by atoms with Crippen molar-refractivity contribution in [1.29, 1.82) is 0 Å². The van der Waals surface area contributed by atoms with Crippen molar-refractivity contribution in [1.82, 2.24) is 10.6 Å². The quantitative estimate of drug-likeness (QED) is 0.221. The molecule has 1 saturated heterocycles. The number of aliphatic imine (C=N–C) groups is 1. The summed E-state index contributed by atoms with van der Waals surface area (Å²) < 4.78 is 0.245. The molecule has 0 aliphatic carbocycles. The van der Waals surface area contributed by atoms with E-state index >= 15 is 0 Å². The molecule has 2 rings (SSSR count). The summed E-state index contributed by atoms with van der Waals surface area (Å²) in [6.45, 7) is 6.17. The second kappa shape index (κ2) is 10.1. The van der Waals surface area contributed by atoms with Crippen molar-refractivity contribution < 1.29 is 4.92 Å². The topological polar surface area (TPSA) is 79.6 Å². The summed E-state index contributed by atoms with van der Waals surface area (Å²) >= 11 is 1.99. The van der Waals surface area contributed by atoms with Crippen LogP contribution in [0.1, 0.15) is 32.3 Å². The average Bonchev–Trinajstić information content (AvgIpc) is 2.97. The Morgan fingerprint density at radius 2 is 2.17 bits per heavy atom. The molecule has 0 saturated carbocycles. The van der Waals surface area contributed by atoms with Crippen LogP contribution in [0.2, 0.25) is 0 Å². The predicted molar refractivity (Wildman–Crippen MR) is 111 cm³/mol. The zero-order valence-corrected chi connectivity index (χ0v) is 17.2. The highest BCUT2D eigenvalue weighted by molar-refractivity contribution is 14.0. The Balaban J connectivity index is 0.00000288. The van der Waals surface area contributed by atoms with Gasteiger partial charge in [-0.25, -0.2) is 4.99 Å². The second-order valence-electron chi connectivity index (χ2n) is 5.84. The Hall–Kier alpha value is -1.03. The molecule has 1 aliphatic heterocycles. The molecule has 1 aromatic rings. The van der Waals surface area contributed by atoms with Gasteiger partial charge >= 0.3 is 0 Å². The fraction of sp³-hybridized carbons (Fsp3) is 0.562. The highest BCUT2D eigenvalue weighted by atomic mass is 127. The fourth-order valence-corrected chi connectivity index (χ4v) is 3.82. The van der Waals surface area contributed by atoms with Gasteiger partial charge in [-0.05, 0) is 32.4 Å². The van der Waals surface area contributed by atoms with E-state index in [0.717, 1.165) is 13.1 Å². The second-order valence-corrected chi connectivity index (χ2v) is 7.52. The summed E-state index contributed by atoms with van der Waals surface area (Å²) in [4.78, 5) is 15.2. The monoisotopic (exact) mass is 464 g/mol. The van der Waals surface area contributed by atoms with E-state index in [9.17, 15) is 10.1 Å². The molecule has 1 aromatic carbocycles. The van der Waals surface area contributed by atoms with Crippen LogP contribution in [0.4, 0.5) is 5.69 Å². The van der Waals surface area contributed by atoms with Crippen LogP contribution < -0.4 is 10.6 Å². The van der Waals surface area contributed by atoms with Crippen LogP contribution in [0.3, 0.4) is 0 Å². The van der Waals surface area contributed by atoms with Gasteiger partial charge in [-0.15, -0.1) is 24.0 Å². The Morgan fingerprint density at radius 3 is 2.79 bits per heavy atom. The lowest BCUT2D eigenvalue weighted by Gasteiger charge is -2.24. The summed E-state index contributed by atoms with van der Waals surface area (Å²) in [7, 11) is 0. The van der Waals surface area contributed by atoms with Crippen LogP contribution in [0, 0.1) is 10.1 Å². The van der Waals surface area contributed by atoms with E-state index in [1.54, 1.807) is 18.2 Å². The van der Waals surface area contributed by atoms with Crippen molar-refractivity contribution in [3.05, 3.63) is 39.9 Å². The maximum atomic E-state index is 11.1. The molecule has 0 bridgehead atoms. The molecule has 0 aromatic heterocycles. The highest BCUT2D eigenvalue weighted by Gasteiger charge is 2.29. The number of benzene rings is 1. The number of halogens is 1. The van der Waals surface area contributed by atoms with Crippen LogP contribution >= 0.6 is 35.7 Å². The van der Waals surface area contributed by atoms with E-state index in [4.69, 9.17) is 0 Å². The Bertz CT molecular complexity index is 577. The fourth-order valence-electron chi connectivity index (χ4n) is 2.58. The van der Waals surface area contributed by atoms with Crippen LogP contribution in [0.5, 0.6) is 0 Å². The van der Waals surface area contributed by atoms with E-state index in [1.165, 1.54) is 24.7 Å². The molecular formula is C16H25IN4O2S. The molecule has 0 amide bonds. The number of nitro benzene ring substituents is 1. The number of guanidine groups is 1. The van der Waals surface area contributed by atoms with Crippen LogP contribution in [-0.4, -0.2) is 34.5 Å². The summed E-state index contributed by atoms with van der Waals surface area (Å²) in [5, 5.41) is 17.6. The molecule has 0 spiro atoms. The minimum absolute atomic E-state index is 0. The van der Waals surface area contributed by atoms with Crippen molar-refractivity contribution in [3.63, 3.8) is 0 Å². The Morgan fingerprint density at radius 1 is 1.42 bits per heavy atom. The smallest absolute Gasteiger partial charge is 0.274 e. The third kappa shape index (κ3) is 6.12. The average molecular weight is 464 g/mol. The predicted octanol–water partition coefficient (Wildman–Crippen LogP) is 3.55. The molecule has 24 heavy (non-hydrogen) atoms. The Labute approximate surface area is 164 Å². The first-order valence-corrected chi connectivity index (χ1v) is 8.91. The summed E-state index contributed by atoms with van der Waals surface area (Å²) in [5.74, 6) is 1.92. The van der Waals surface area contributed by atoms with Crippen molar-refractivity contribution >= 4 is 47.4 Å². The summed E-state index contributed by atoms with van der Waals surface area (Å²) in [6, 6.07) is 6.74. The summed E-state index contributed by atoms with van der Waals surface area (Å²) in [6.07, 6.45) is 2.46. The van der Waals surface area contributed by atoms with E-state index in [1.807, 2.05) is 18.7 Å². The number of nitro groups is 1. The Kier molecular flexibility index (Phi) is 8.82. The largest absolute Gasteiger partial charge is 0.357 e. The lowest BCUT2D eigenvalue weighted by molar-refractivity contribution is -0.385.